The molecule has 2 heteroatoms. The molecule has 3 unspecified atom stereocenters. The van der Waals surface area contributed by atoms with Crippen LogP contribution in [0.1, 0.15) is 59.3 Å². The highest BCUT2D eigenvalue weighted by atomic mass is 15.2. The average Bonchev–Trinajstić information content (AvgIpc) is 2.50. The van der Waals surface area contributed by atoms with E-state index in [-0.39, 0.29) is 0 Å². The van der Waals surface area contributed by atoms with Crippen LogP contribution in [0.3, 0.4) is 0 Å². The zero-order valence-corrected chi connectivity index (χ0v) is 11.4. The highest BCUT2D eigenvalue weighted by Gasteiger charge is 2.25. The molecule has 96 valence electrons. The molecule has 0 radical (unpaired) electrons. The van der Waals surface area contributed by atoms with Crippen LogP contribution in [-0.4, -0.2) is 30.1 Å². The molecule has 1 aliphatic carbocycles. The summed E-state index contributed by atoms with van der Waals surface area (Å²) >= 11 is 0. The van der Waals surface area contributed by atoms with Gasteiger partial charge in [-0.1, -0.05) is 46.5 Å². The molecule has 0 amide bonds. The average molecular weight is 226 g/mol. The van der Waals surface area contributed by atoms with Gasteiger partial charge in [0.1, 0.15) is 0 Å². The molecule has 1 aliphatic rings. The van der Waals surface area contributed by atoms with Crippen molar-refractivity contribution in [3.05, 3.63) is 0 Å². The first-order valence-electron chi connectivity index (χ1n) is 7.18. The molecule has 0 bridgehead atoms. The standard InChI is InChI=1S/C14H30N2/c1-4-12(3)11-16(5-2)14-10-8-6-7-9-13(14)15/h12-14H,4-11,15H2,1-3H3. The quantitative estimate of drug-likeness (QED) is 0.730. The fraction of sp³-hybridized carbons (Fsp3) is 1.00. The molecule has 0 aromatic carbocycles. The second kappa shape index (κ2) is 7.29. The lowest BCUT2D eigenvalue weighted by molar-refractivity contribution is 0.148. The van der Waals surface area contributed by atoms with Gasteiger partial charge < -0.3 is 5.73 Å². The highest BCUT2D eigenvalue weighted by molar-refractivity contribution is 4.84. The second-order valence-electron chi connectivity index (χ2n) is 5.47. The Hall–Kier alpha value is -0.0800. The van der Waals surface area contributed by atoms with Crippen molar-refractivity contribution in [1.82, 2.24) is 4.90 Å². The number of rotatable bonds is 5. The van der Waals surface area contributed by atoms with Gasteiger partial charge in [0.25, 0.3) is 0 Å². The summed E-state index contributed by atoms with van der Waals surface area (Å²) in [7, 11) is 0. The molecule has 1 fully saturated rings. The van der Waals surface area contributed by atoms with Gasteiger partial charge in [-0.05, 0) is 25.3 Å². The van der Waals surface area contributed by atoms with Crippen LogP contribution in [0.2, 0.25) is 0 Å². The second-order valence-corrected chi connectivity index (χ2v) is 5.47. The predicted molar refractivity (Wildman–Crippen MR) is 71.6 cm³/mol. The minimum Gasteiger partial charge on any atom is -0.326 e. The first-order chi connectivity index (χ1) is 7.69. The molecule has 1 saturated carbocycles. The van der Waals surface area contributed by atoms with Gasteiger partial charge in [-0.3, -0.25) is 4.90 Å². The van der Waals surface area contributed by atoms with Crippen LogP contribution in [0.25, 0.3) is 0 Å². The lowest BCUT2D eigenvalue weighted by atomic mass is 10.00. The molecule has 2 N–H and O–H groups in total. The van der Waals surface area contributed by atoms with Crippen molar-refractivity contribution in [2.45, 2.75) is 71.4 Å². The summed E-state index contributed by atoms with van der Waals surface area (Å²) in [6.45, 7) is 9.30. The maximum absolute atomic E-state index is 6.33. The van der Waals surface area contributed by atoms with Crippen molar-refractivity contribution in [3.63, 3.8) is 0 Å². The van der Waals surface area contributed by atoms with Crippen molar-refractivity contribution >= 4 is 0 Å². The van der Waals surface area contributed by atoms with Crippen molar-refractivity contribution in [3.8, 4) is 0 Å². The van der Waals surface area contributed by atoms with E-state index in [4.69, 9.17) is 5.73 Å². The monoisotopic (exact) mass is 226 g/mol. The third-order valence-electron chi connectivity index (χ3n) is 4.15. The number of hydrogen-bond acceptors (Lipinski definition) is 2. The van der Waals surface area contributed by atoms with Gasteiger partial charge in [-0.25, -0.2) is 0 Å². The Labute approximate surface area is 102 Å². The summed E-state index contributed by atoms with van der Waals surface area (Å²) in [5.74, 6) is 0.801. The van der Waals surface area contributed by atoms with E-state index >= 15 is 0 Å². The summed E-state index contributed by atoms with van der Waals surface area (Å²) in [6.07, 6.45) is 7.89. The zero-order chi connectivity index (χ0) is 12.0. The molecule has 0 aliphatic heterocycles. The van der Waals surface area contributed by atoms with Crippen LogP contribution in [-0.2, 0) is 0 Å². The first-order valence-corrected chi connectivity index (χ1v) is 7.18. The van der Waals surface area contributed by atoms with Crippen LogP contribution in [0.15, 0.2) is 0 Å². The minimum atomic E-state index is 0.409. The maximum atomic E-state index is 6.33. The SMILES string of the molecule is CCC(C)CN(CC)C1CCCCCC1N. The molecule has 0 heterocycles. The Bertz CT molecular complexity index is 182. The minimum absolute atomic E-state index is 0.409. The third kappa shape index (κ3) is 4.06. The zero-order valence-electron chi connectivity index (χ0n) is 11.4. The lowest BCUT2D eigenvalue weighted by Crippen LogP contribution is -2.48. The Balaban J connectivity index is 2.54. The van der Waals surface area contributed by atoms with Crippen LogP contribution >= 0.6 is 0 Å². The van der Waals surface area contributed by atoms with Gasteiger partial charge in [0.15, 0.2) is 0 Å². The Morgan fingerprint density at radius 1 is 1.19 bits per heavy atom. The summed E-state index contributed by atoms with van der Waals surface area (Å²) in [5, 5.41) is 0. The van der Waals surface area contributed by atoms with Crippen LogP contribution in [0, 0.1) is 5.92 Å². The van der Waals surface area contributed by atoms with Gasteiger partial charge in [-0.2, -0.15) is 0 Å². The number of likely N-dealkylation sites (N-methyl/N-ethyl adjacent to an activating group) is 1. The fourth-order valence-corrected chi connectivity index (χ4v) is 2.80. The molecular weight excluding hydrogens is 196 g/mol. The van der Waals surface area contributed by atoms with E-state index in [9.17, 15) is 0 Å². The van der Waals surface area contributed by atoms with E-state index in [1.54, 1.807) is 0 Å². The topological polar surface area (TPSA) is 29.3 Å². The molecule has 16 heavy (non-hydrogen) atoms. The molecule has 3 atom stereocenters. The molecule has 0 spiro atoms. The summed E-state index contributed by atoms with van der Waals surface area (Å²) in [4.78, 5) is 2.63. The van der Waals surface area contributed by atoms with E-state index < -0.39 is 0 Å². The molecule has 0 aromatic rings. The van der Waals surface area contributed by atoms with Crippen molar-refractivity contribution < 1.29 is 0 Å². The fourth-order valence-electron chi connectivity index (χ4n) is 2.80. The lowest BCUT2D eigenvalue weighted by Gasteiger charge is -2.35. The van der Waals surface area contributed by atoms with Crippen molar-refractivity contribution in [2.75, 3.05) is 13.1 Å². The molecule has 0 aromatic heterocycles. The summed E-state index contributed by atoms with van der Waals surface area (Å²) < 4.78 is 0. The van der Waals surface area contributed by atoms with Gasteiger partial charge in [0, 0.05) is 18.6 Å². The van der Waals surface area contributed by atoms with E-state index in [0.29, 0.717) is 12.1 Å². The molecular formula is C14H30N2. The number of hydrogen-bond donors (Lipinski definition) is 1. The largest absolute Gasteiger partial charge is 0.326 e. The molecule has 1 rings (SSSR count). The normalized spacial score (nSPS) is 29.1. The molecule has 0 saturated heterocycles. The summed E-state index contributed by atoms with van der Waals surface area (Å²) in [6, 6.07) is 1.05. The van der Waals surface area contributed by atoms with E-state index in [1.165, 1.54) is 45.1 Å². The smallest absolute Gasteiger partial charge is 0.0247 e. The van der Waals surface area contributed by atoms with E-state index in [0.717, 1.165) is 12.5 Å². The van der Waals surface area contributed by atoms with Crippen LogP contribution in [0.4, 0.5) is 0 Å². The highest BCUT2D eigenvalue weighted by Crippen LogP contribution is 2.22. The van der Waals surface area contributed by atoms with E-state index in [2.05, 4.69) is 25.7 Å². The first kappa shape index (κ1) is 14.0. The van der Waals surface area contributed by atoms with Gasteiger partial charge in [0.2, 0.25) is 0 Å². The van der Waals surface area contributed by atoms with Gasteiger partial charge in [0.05, 0.1) is 0 Å². The molecule has 2 nitrogen and oxygen atoms in total. The predicted octanol–water partition coefficient (Wildman–Crippen LogP) is 3.01. The maximum Gasteiger partial charge on any atom is 0.0247 e. The van der Waals surface area contributed by atoms with Gasteiger partial charge in [-0.15, -0.1) is 0 Å². The Kier molecular flexibility index (Phi) is 6.37. The third-order valence-corrected chi connectivity index (χ3v) is 4.15. The van der Waals surface area contributed by atoms with Crippen LogP contribution < -0.4 is 5.73 Å². The van der Waals surface area contributed by atoms with Crippen molar-refractivity contribution in [1.29, 1.82) is 0 Å². The Morgan fingerprint density at radius 2 is 1.88 bits per heavy atom. The Morgan fingerprint density at radius 3 is 2.50 bits per heavy atom. The summed E-state index contributed by atoms with van der Waals surface area (Å²) in [5.41, 5.74) is 6.33. The number of nitrogens with zero attached hydrogens (tertiary/aromatic N) is 1. The van der Waals surface area contributed by atoms with Gasteiger partial charge >= 0.3 is 0 Å². The number of nitrogens with two attached hydrogens (primary N) is 1. The van der Waals surface area contributed by atoms with E-state index in [1.807, 2.05) is 0 Å². The van der Waals surface area contributed by atoms with Crippen LogP contribution in [0.5, 0.6) is 0 Å². The van der Waals surface area contributed by atoms with Crippen molar-refractivity contribution in [2.24, 2.45) is 11.7 Å².